The van der Waals surface area contributed by atoms with Gasteiger partial charge in [-0.15, -0.1) is 0 Å². The summed E-state index contributed by atoms with van der Waals surface area (Å²) >= 11 is 0. The van der Waals surface area contributed by atoms with Crippen LogP contribution in [0.15, 0.2) is 12.7 Å². The van der Waals surface area contributed by atoms with Crippen molar-refractivity contribution in [3.63, 3.8) is 0 Å². The molecule has 17 heavy (non-hydrogen) atoms. The first-order valence-electron chi connectivity index (χ1n) is 5.36. The number of ether oxygens (including phenoxy) is 1. The number of ketones is 1. The lowest BCUT2D eigenvalue weighted by atomic mass is 9.93. The Hall–Kier alpha value is -1.85. The molecule has 1 fully saturated rings. The molecule has 0 aliphatic carbocycles. The molecule has 1 amide bonds. The van der Waals surface area contributed by atoms with Crippen molar-refractivity contribution in [2.45, 2.75) is 12.8 Å². The molecule has 1 saturated heterocycles. The predicted molar refractivity (Wildman–Crippen MR) is 58.5 cm³/mol. The molecule has 6 nitrogen and oxygen atoms in total. The molecule has 0 saturated carbocycles. The van der Waals surface area contributed by atoms with Crippen LogP contribution in [0.5, 0.6) is 0 Å². The number of amides is 1. The van der Waals surface area contributed by atoms with Crippen LogP contribution in [-0.2, 0) is 14.3 Å². The summed E-state index contributed by atoms with van der Waals surface area (Å²) in [7, 11) is 0. The number of rotatable bonds is 4. The molecule has 1 rings (SSSR count). The third kappa shape index (κ3) is 3.58. The molecular formula is C11H15NO5. The lowest BCUT2D eigenvalue weighted by Gasteiger charge is -2.29. The first-order valence-corrected chi connectivity index (χ1v) is 5.36. The molecule has 1 aliphatic rings. The summed E-state index contributed by atoms with van der Waals surface area (Å²) in [6.07, 6.45) is 1.76. The molecule has 6 heteroatoms. The number of hydrogen-bond acceptors (Lipinski definition) is 4. The number of likely N-dealkylation sites (tertiary alicyclic amines) is 1. The van der Waals surface area contributed by atoms with E-state index < -0.39 is 23.8 Å². The van der Waals surface area contributed by atoms with Gasteiger partial charge in [-0.3, -0.25) is 4.79 Å². The molecule has 0 spiro atoms. The second-order valence-corrected chi connectivity index (χ2v) is 3.80. The minimum absolute atomic E-state index is 0.146. The molecule has 1 aliphatic heterocycles. The first-order chi connectivity index (χ1) is 8.06. The Labute approximate surface area is 98.8 Å². The number of hydrogen-bond donors (Lipinski definition) is 1. The van der Waals surface area contributed by atoms with Gasteiger partial charge in [-0.25, -0.2) is 9.59 Å². The van der Waals surface area contributed by atoms with E-state index in [9.17, 15) is 14.4 Å². The highest BCUT2D eigenvalue weighted by atomic mass is 16.6. The quantitative estimate of drug-likeness (QED) is 0.577. The van der Waals surface area contributed by atoms with Gasteiger partial charge >= 0.3 is 12.1 Å². The van der Waals surface area contributed by atoms with Crippen molar-refractivity contribution in [1.82, 2.24) is 4.90 Å². The number of Topliss-reactive ketones (excluding diaryl/α,β-unsaturated/α-hetero) is 1. The Kier molecular flexibility index (Phi) is 4.68. The number of carbonyl (C=O) groups excluding carboxylic acids is 2. The number of nitrogens with zero attached hydrogens (tertiary/aromatic N) is 1. The number of carboxylic acids is 1. The number of carboxylic acid groups (broad SMARTS) is 1. The predicted octanol–water partition coefficient (Wildman–Crippen LogP) is 0.675. The smallest absolute Gasteiger partial charge is 0.410 e. The first kappa shape index (κ1) is 13.2. The molecule has 0 aromatic carbocycles. The van der Waals surface area contributed by atoms with Gasteiger partial charge in [0.1, 0.15) is 6.61 Å². The van der Waals surface area contributed by atoms with E-state index in [-0.39, 0.29) is 6.61 Å². The number of carbonyl (C=O) groups is 3. The SMILES string of the molecule is C=CCOC(=O)N1CCC(C(=O)C(=O)O)CC1. The zero-order valence-electron chi connectivity index (χ0n) is 9.42. The van der Waals surface area contributed by atoms with E-state index in [1.54, 1.807) is 0 Å². The second kappa shape index (κ2) is 6.03. The van der Waals surface area contributed by atoms with Crippen LogP contribution in [0.25, 0.3) is 0 Å². The van der Waals surface area contributed by atoms with Crippen LogP contribution in [0.1, 0.15) is 12.8 Å². The Morgan fingerprint density at radius 3 is 2.41 bits per heavy atom. The van der Waals surface area contributed by atoms with Gasteiger partial charge in [-0.1, -0.05) is 12.7 Å². The largest absolute Gasteiger partial charge is 0.475 e. The third-order valence-corrected chi connectivity index (χ3v) is 2.66. The van der Waals surface area contributed by atoms with E-state index in [0.717, 1.165) is 0 Å². The highest BCUT2D eigenvalue weighted by Crippen LogP contribution is 2.18. The number of piperidine rings is 1. The van der Waals surface area contributed by atoms with Crippen molar-refractivity contribution in [3.05, 3.63) is 12.7 Å². The zero-order valence-corrected chi connectivity index (χ0v) is 9.42. The average molecular weight is 241 g/mol. The van der Waals surface area contributed by atoms with Crippen LogP contribution in [0.3, 0.4) is 0 Å². The Morgan fingerprint density at radius 1 is 1.35 bits per heavy atom. The van der Waals surface area contributed by atoms with Gasteiger partial charge in [0.25, 0.3) is 0 Å². The van der Waals surface area contributed by atoms with Crippen LogP contribution in [-0.4, -0.2) is 47.5 Å². The molecule has 0 unspecified atom stereocenters. The summed E-state index contributed by atoms with van der Waals surface area (Å²) in [6.45, 7) is 4.27. The normalized spacial score (nSPS) is 16.4. The maximum Gasteiger partial charge on any atom is 0.410 e. The maximum atomic E-state index is 11.4. The summed E-state index contributed by atoms with van der Waals surface area (Å²) < 4.78 is 4.84. The Bertz CT molecular complexity index is 331. The fraction of sp³-hybridized carbons (Fsp3) is 0.545. The summed E-state index contributed by atoms with van der Waals surface area (Å²) in [5.41, 5.74) is 0. The van der Waals surface area contributed by atoms with Crippen molar-refractivity contribution < 1.29 is 24.2 Å². The van der Waals surface area contributed by atoms with E-state index in [1.807, 2.05) is 0 Å². The fourth-order valence-corrected chi connectivity index (χ4v) is 1.72. The number of aliphatic carboxylic acids is 1. The molecule has 1 heterocycles. The van der Waals surface area contributed by atoms with Crippen LogP contribution in [0.2, 0.25) is 0 Å². The monoisotopic (exact) mass is 241 g/mol. The topological polar surface area (TPSA) is 83.9 Å². The van der Waals surface area contributed by atoms with Crippen LogP contribution >= 0.6 is 0 Å². The minimum atomic E-state index is -1.40. The third-order valence-electron chi connectivity index (χ3n) is 2.66. The lowest BCUT2D eigenvalue weighted by Crippen LogP contribution is -2.41. The molecule has 0 aromatic heterocycles. The van der Waals surface area contributed by atoms with Crippen molar-refractivity contribution >= 4 is 17.8 Å². The van der Waals surface area contributed by atoms with Gasteiger partial charge in [0.2, 0.25) is 5.78 Å². The van der Waals surface area contributed by atoms with Crippen molar-refractivity contribution in [3.8, 4) is 0 Å². The highest BCUT2D eigenvalue weighted by molar-refractivity contribution is 6.33. The van der Waals surface area contributed by atoms with Crippen molar-refractivity contribution in [2.24, 2.45) is 5.92 Å². The molecular weight excluding hydrogens is 226 g/mol. The molecule has 0 atom stereocenters. The van der Waals surface area contributed by atoms with Gasteiger partial charge in [0, 0.05) is 19.0 Å². The Morgan fingerprint density at radius 2 is 1.94 bits per heavy atom. The zero-order chi connectivity index (χ0) is 12.8. The second-order valence-electron chi connectivity index (χ2n) is 3.80. The molecule has 0 aromatic rings. The van der Waals surface area contributed by atoms with Crippen LogP contribution in [0, 0.1) is 5.92 Å². The minimum Gasteiger partial charge on any atom is -0.475 e. The van der Waals surface area contributed by atoms with Crippen LogP contribution in [0.4, 0.5) is 4.79 Å². The van der Waals surface area contributed by atoms with Gasteiger partial charge in [-0.05, 0) is 12.8 Å². The fourth-order valence-electron chi connectivity index (χ4n) is 1.72. The van der Waals surface area contributed by atoms with Gasteiger partial charge in [0.05, 0.1) is 0 Å². The van der Waals surface area contributed by atoms with Gasteiger partial charge in [-0.2, -0.15) is 0 Å². The summed E-state index contributed by atoms with van der Waals surface area (Å²) in [5.74, 6) is -2.67. The molecule has 0 bridgehead atoms. The van der Waals surface area contributed by atoms with Gasteiger partial charge in [0.15, 0.2) is 0 Å². The summed E-state index contributed by atoms with van der Waals surface area (Å²) in [4.78, 5) is 34.6. The van der Waals surface area contributed by atoms with Crippen molar-refractivity contribution in [2.75, 3.05) is 19.7 Å². The van der Waals surface area contributed by atoms with E-state index in [1.165, 1.54) is 11.0 Å². The summed E-state index contributed by atoms with van der Waals surface area (Å²) in [6, 6.07) is 0. The highest BCUT2D eigenvalue weighted by Gasteiger charge is 2.30. The Balaban J connectivity index is 2.40. The summed E-state index contributed by atoms with van der Waals surface area (Å²) in [5, 5.41) is 8.56. The van der Waals surface area contributed by atoms with E-state index in [4.69, 9.17) is 9.84 Å². The molecule has 94 valence electrons. The van der Waals surface area contributed by atoms with Crippen molar-refractivity contribution in [1.29, 1.82) is 0 Å². The maximum absolute atomic E-state index is 11.4. The standard InChI is InChI=1S/C11H15NO5/c1-2-7-17-11(16)12-5-3-8(4-6-12)9(13)10(14)15/h2,8H,1,3-7H2,(H,14,15). The van der Waals surface area contributed by atoms with Crippen LogP contribution < -0.4 is 0 Å². The van der Waals surface area contributed by atoms with Gasteiger partial charge < -0.3 is 14.7 Å². The average Bonchev–Trinajstić information content (AvgIpc) is 2.35. The van der Waals surface area contributed by atoms with E-state index >= 15 is 0 Å². The van der Waals surface area contributed by atoms with E-state index in [2.05, 4.69) is 6.58 Å². The molecule has 1 N–H and O–H groups in total. The molecule has 0 radical (unpaired) electrons. The van der Waals surface area contributed by atoms with E-state index in [0.29, 0.717) is 25.9 Å². The lowest BCUT2D eigenvalue weighted by molar-refractivity contribution is -0.151.